The summed E-state index contributed by atoms with van der Waals surface area (Å²) in [6.45, 7) is 3.50. The molecule has 0 radical (unpaired) electrons. The summed E-state index contributed by atoms with van der Waals surface area (Å²) in [7, 11) is 1.22. The number of nitrogens with one attached hydrogen (secondary N) is 1. The predicted octanol–water partition coefficient (Wildman–Crippen LogP) is 3.82. The Morgan fingerprint density at radius 1 is 1.25 bits per heavy atom. The van der Waals surface area contributed by atoms with Gasteiger partial charge in [-0.15, -0.1) is 11.3 Å². The lowest BCUT2D eigenvalue weighted by molar-refractivity contribution is -0.141. The molecule has 2 aromatic rings. The lowest BCUT2D eigenvalue weighted by Gasteiger charge is -2.08. The number of aryl methyl sites for hydroxylation is 1. The van der Waals surface area contributed by atoms with Crippen molar-refractivity contribution in [3.63, 3.8) is 0 Å². The molecular formula is C15H13F3N2O3S. The monoisotopic (exact) mass is 358 g/mol. The molecule has 0 aliphatic carbocycles. The Balaban J connectivity index is 2.27. The highest BCUT2D eigenvalue weighted by atomic mass is 32.1. The van der Waals surface area contributed by atoms with E-state index < -0.39 is 23.7 Å². The van der Waals surface area contributed by atoms with E-state index in [-0.39, 0.29) is 16.1 Å². The first kappa shape index (κ1) is 17.9. The van der Waals surface area contributed by atoms with Gasteiger partial charge in [0.1, 0.15) is 10.7 Å². The molecule has 0 fully saturated rings. The molecule has 1 amide bonds. The van der Waals surface area contributed by atoms with Gasteiger partial charge in [0.05, 0.1) is 18.2 Å². The first-order valence-electron chi connectivity index (χ1n) is 6.68. The highest BCUT2D eigenvalue weighted by Gasteiger charge is 2.32. The minimum atomic E-state index is -4.57. The average molecular weight is 358 g/mol. The minimum absolute atomic E-state index is 0.0532. The maximum absolute atomic E-state index is 12.5. The number of rotatable bonds is 3. The van der Waals surface area contributed by atoms with Gasteiger partial charge in [0.25, 0.3) is 5.91 Å². The third-order valence-electron chi connectivity index (χ3n) is 3.32. The summed E-state index contributed by atoms with van der Waals surface area (Å²) in [6.07, 6.45) is -3.74. The van der Waals surface area contributed by atoms with Crippen LogP contribution in [0.2, 0.25) is 0 Å². The molecule has 0 saturated carbocycles. The van der Waals surface area contributed by atoms with E-state index in [0.717, 1.165) is 23.2 Å². The molecule has 2 aromatic heterocycles. The molecule has 0 bridgehead atoms. The smallest absolute Gasteiger partial charge is 0.433 e. The van der Waals surface area contributed by atoms with Crippen molar-refractivity contribution in [1.82, 2.24) is 4.98 Å². The van der Waals surface area contributed by atoms with Gasteiger partial charge in [-0.25, -0.2) is 4.79 Å². The SMILES string of the molecule is COC(=O)c1c(NC(=O)c2ccc(C(F)(F)F)nc2)sc(C)c1C. The fourth-order valence-electron chi connectivity index (χ4n) is 1.93. The van der Waals surface area contributed by atoms with Crippen LogP contribution in [0.4, 0.5) is 18.2 Å². The lowest BCUT2D eigenvalue weighted by atomic mass is 10.1. The van der Waals surface area contributed by atoms with Crippen molar-refractivity contribution in [1.29, 1.82) is 0 Å². The zero-order valence-electron chi connectivity index (χ0n) is 12.9. The van der Waals surface area contributed by atoms with Gasteiger partial charge in [-0.05, 0) is 31.5 Å². The van der Waals surface area contributed by atoms with Crippen molar-refractivity contribution in [2.75, 3.05) is 12.4 Å². The van der Waals surface area contributed by atoms with Crippen LogP contribution in [-0.4, -0.2) is 24.0 Å². The standard InChI is InChI=1S/C15H13F3N2O3S/c1-7-8(2)24-13(11(7)14(22)23-3)20-12(21)9-4-5-10(19-6-9)15(16,17)18/h4-6H,1-3H3,(H,20,21). The highest BCUT2D eigenvalue weighted by molar-refractivity contribution is 7.16. The van der Waals surface area contributed by atoms with Crippen molar-refractivity contribution >= 4 is 28.2 Å². The van der Waals surface area contributed by atoms with E-state index in [1.54, 1.807) is 13.8 Å². The molecule has 0 aromatic carbocycles. The van der Waals surface area contributed by atoms with Crippen LogP contribution in [-0.2, 0) is 10.9 Å². The Hall–Kier alpha value is -2.42. The van der Waals surface area contributed by atoms with E-state index in [4.69, 9.17) is 4.74 Å². The second-order valence-corrected chi connectivity index (χ2v) is 6.09. The van der Waals surface area contributed by atoms with Gasteiger partial charge in [0, 0.05) is 11.1 Å². The molecule has 2 heterocycles. The number of carbonyl (C=O) groups is 2. The number of halogens is 3. The van der Waals surface area contributed by atoms with Gasteiger partial charge in [-0.1, -0.05) is 0 Å². The summed E-state index contributed by atoms with van der Waals surface area (Å²) in [6, 6.07) is 1.75. The molecule has 24 heavy (non-hydrogen) atoms. The van der Waals surface area contributed by atoms with Crippen molar-refractivity contribution in [2.45, 2.75) is 20.0 Å². The third-order valence-corrected chi connectivity index (χ3v) is 4.44. The number of alkyl halides is 3. The molecule has 0 atom stereocenters. The van der Waals surface area contributed by atoms with Gasteiger partial charge < -0.3 is 10.1 Å². The molecule has 0 aliphatic heterocycles. The summed E-state index contributed by atoms with van der Waals surface area (Å²) < 4.78 is 42.1. The number of hydrogen-bond donors (Lipinski definition) is 1. The Bertz CT molecular complexity index is 782. The number of esters is 1. The fourth-order valence-corrected chi connectivity index (χ4v) is 2.98. The second-order valence-electron chi connectivity index (χ2n) is 4.86. The molecule has 1 N–H and O–H groups in total. The van der Waals surface area contributed by atoms with Crippen LogP contribution >= 0.6 is 11.3 Å². The van der Waals surface area contributed by atoms with Crippen LogP contribution in [0.3, 0.4) is 0 Å². The zero-order valence-corrected chi connectivity index (χ0v) is 13.8. The number of hydrogen-bond acceptors (Lipinski definition) is 5. The highest BCUT2D eigenvalue weighted by Crippen LogP contribution is 2.33. The Morgan fingerprint density at radius 3 is 2.42 bits per heavy atom. The average Bonchev–Trinajstić information content (AvgIpc) is 2.80. The van der Waals surface area contributed by atoms with Crippen molar-refractivity contribution in [3.8, 4) is 0 Å². The largest absolute Gasteiger partial charge is 0.465 e. The van der Waals surface area contributed by atoms with E-state index in [1.807, 2.05) is 0 Å². The molecular weight excluding hydrogens is 345 g/mol. The van der Waals surface area contributed by atoms with Crippen molar-refractivity contribution in [2.24, 2.45) is 0 Å². The number of carbonyl (C=O) groups excluding carboxylic acids is 2. The first-order valence-corrected chi connectivity index (χ1v) is 7.49. The number of nitrogens with zero attached hydrogens (tertiary/aromatic N) is 1. The van der Waals surface area contributed by atoms with Crippen LogP contribution in [0.5, 0.6) is 0 Å². The summed E-state index contributed by atoms with van der Waals surface area (Å²) in [5, 5.41) is 2.80. The van der Waals surface area contributed by atoms with E-state index in [1.165, 1.54) is 18.4 Å². The molecule has 9 heteroatoms. The number of thiophene rings is 1. The number of ether oxygens (including phenoxy) is 1. The van der Waals surface area contributed by atoms with Crippen LogP contribution in [0.1, 0.15) is 36.9 Å². The topological polar surface area (TPSA) is 68.3 Å². The molecule has 2 rings (SSSR count). The Morgan fingerprint density at radius 2 is 1.92 bits per heavy atom. The van der Waals surface area contributed by atoms with Gasteiger partial charge in [0.2, 0.25) is 0 Å². The molecule has 0 saturated heterocycles. The van der Waals surface area contributed by atoms with Gasteiger partial charge in [-0.2, -0.15) is 13.2 Å². The van der Waals surface area contributed by atoms with E-state index in [2.05, 4.69) is 10.3 Å². The van der Waals surface area contributed by atoms with E-state index in [9.17, 15) is 22.8 Å². The first-order chi connectivity index (χ1) is 11.1. The van der Waals surface area contributed by atoms with Gasteiger partial charge >= 0.3 is 12.1 Å². The zero-order chi connectivity index (χ0) is 18.1. The Labute approximate surface area is 139 Å². The predicted molar refractivity (Wildman–Crippen MR) is 82.3 cm³/mol. The van der Waals surface area contributed by atoms with Crippen molar-refractivity contribution in [3.05, 3.63) is 45.6 Å². The molecule has 5 nitrogen and oxygen atoms in total. The summed E-state index contributed by atoms with van der Waals surface area (Å²) in [4.78, 5) is 28.1. The summed E-state index contributed by atoms with van der Waals surface area (Å²) >= 11 is 1.18. The summed E-state index contributed by atoms with van der Waals surface area (Å²) in [5.41, 5.74) is -0.236. The molecule has 0 aliphatic rings. The normalized spacial score (nSPS) is 11.2. The third kappa shape index (κ3) is 3.56. The van der Waals surface area contributed by atoms with Gasteiger partial charge in [0.15, 0.2) is 0 Å². The Kier molecular flexibility index (Phi) is 4.93. The number of methoxy groups -OCH3 is 1. The lowest BCUT2D eigenvalue weighted by Crippen LogP contribution is -2.15. The number of pyridine rings is 1. The molecule has 128 valence electrons. The maximum atomic E-state index is 12.5. The van der Waals surface area contributed by atoms with Crippen LogP contribution in [0.25, 0.3) is 0 Å². The van der Waals surface area contributed by atoms with E-state index in [0.29, 0.717) is 5.56 Å². The minimum Gasteiger partial charge on any atom is -0.465 e. The van der Waals surface area contributed by atoms with Crippen molar-refractivity contribution < 1.29 is 27.5 Å². The van der Waals surface area contributed by atoms with Crippen LogP contribution in [0, 0.1) is 13.8 Å². The molecule has 0 unspecified atom stereocenters. The van der Waals surface area contributed by atoms with Crippen LogP contribution in [0.15, 0.2) is 18.3 Å². The number of aromatic nitrogens is 1. The second kappa shape index (κ2) is 6.60. The molecule has 0 spiro atoms. The van der Waals surface area contributed by atoms with Gasteiger partial charge in [-0.3, -0.25) is 9.78 Å². The number of anilines is 1. The number of amides is 1. The fraction of sp³-hybridized carbons (Fsp3) is 0.267. The van der Waals surface area contributed by atoms with Crippen LogP contribution < -0.4 is 5.32 Å². The maximum Gasteiger partial charge on any atom is 0.433 e. The van der Waals surface area contributed by atoms with E-state index >= 15 is 0 Å². The summed E-state index contributed by atoms with van der Waals surface area (Å²) in [5.74, 6) is -1.26. The quantitative estimate of drug-likeness (QED) is 0.847.